The van der Waals surface area contributed by atoms with Gasteiger partial charge >= 0.3 is 0 Å². The van der Waals surface area contributed by atoms with E-state index in [1.54, 1.807) is 6.07 Å². The van der Waals surface area contributed by atoms with Gasteiger partial charge in [-0.15, -0.1) is 0 Å². The molecule has 5 heteroatoms. The van der Waals surface area contributed by atoms with Crippen LogP contribution in [0.3, 0.4) is 0 Å². The highest BCUT2D eigenvalue weighted by Crippen LogP contribution is 2.33. The summed E-state index contributed by atoms with van der Waals surface area (Å²) in [7, 11) is 0. The summed E-state index contributed by atoms with van der Waals surface area (Å²) >= 11 is 0. The molecule has 0 radical (unpaired) electrons. The topological polar surface area (TPSA) is 64.4 Å². The van der Waals surface area contributed by atoms with Crippen LogP contribution >= 0.6 is 0 Å². The molecule has 1 aromatic carbocycles. The van der Waals surface area contributed by atoms with Gasteiger partial charge in [0.15, 0.2) is 0 Å². The van der Waals surface area contributed by atoms with Gasteiger partial charge < -0.3 is 14.6 Å². The number of aromatic nitrogens is 1. The van der Waals surface area contributed by atoms with E-state index in [4.69, 9.17) is 9.26 Å². The van der Waals surface area contributed by atoms with Gasteiger partial charge in [0.05, 0.1) is 6.10 Å². The predicted molar refractivity (Wildman–Crippen MR) is 96.2 cm³/mol. The first-order chi connectivity index (χ1) is 11.9. The molecule has 1 saturated heterocycles. The smallest absolute Gasteiger partial charge is 0.289 e. The van der Waals surface area contributed by atoms with Gasteiger partial charge in [0.25, 0.3) is 5.91 Å². The molecule has 1 fully saturated rings. The van der Waals surface area contributed by atoms with Crippen molar-refractivity contribution in [3.8, 4) is 11.3 Å². The molecule has 3 rings (SSSR count). The van der Waals surface area contributed by atoms with E-state index in [0.29, 0.717) is 18.2 Å². The fourth-order valence-electron chi connectivity index (χ4n) is 3.45. The minimum Gasteiger partial charge on any atom is -0.377 e. The first kappa shape index (κ1) is 17.7. The van der Waals surface area contributed by atoms with Crippen molar-refractivity contribution in [3.63, 3.8) is 0 Å². The summed E-state index contributed by atoms with van der Waals surface area (Å²) in [5.41, 5.74) is 1.65. The van der Waals surface area contributed by atoms with Gasteiger partial charge in [0.2, 0.25) is 5.76 Å². The second-order valence-electron chi connectivity index (χ2n) is 7.71. The lowest BCUT2D eigenvalue weighted by atomic mass is 9.78. The summed E-state index contributed by atoms with van der Waals surface area (Å²) in [6, 6.07) is 11.4. The van der Waals surface area contributed by atoms with E-state index in [1.807, 2.05) is 30.3 Å². The number of amides is 1. The van der Waals surface area contributed by atoms with Crippen LogP contribution in [0.4, 0.5) is 0 Å². The zero-order valence-electron chi connectivity index (χ0n) is 15.1. The maximum atomic E-state index is 12.4. The van der Waals surface area contributed by atoms with Gasteiger partial charge in [-0.2, -0.15) is 0 Å². The number of rotatable bonds is 4. The number of hydrogen-bond acceptors (Lipinski definition) is 4. The molecule has 0 aliphatic carbocycles. The monoisotopic (exact) mass is 342 g/mol. The van der Waals surface area contributed by atoms with Crippen molar-refractivity contribution in [1.82, 2.24) is 10.5 Å². The van der Waals surface area contributed by atoms with Crippen molar-refractivity contribution < 1.29 is 14.1 Å². The van der Waals surface area contributed by atoms with Crippen molar-refractivity contribution >= 4 is 5.91 Å². The van der Waals surface area contributed by atoms with E-state index >= 15 is 0 Å². The van der Waals surface area contributed by atoms with Gasteiger partial charge in [-0.25, -0.2) is 0 Å². The number of nitrogens with one attached hydrogen (secondary N) is 1. The largest absolute Gasteiger partial charge is 0.377 e. The maximum absolute atomic E-state index is 12.4. The second kappa shape index (κ2) is 7.40. The van der Waals surface area contributed by atoms with E-state index in [0.717, 1.165) is 25.0 Å². The first-order valence-corrected chi connectivity index (χ1v) is 8.87. The lowest BCUT2D eigenvalue weighted by Gasteiger charge is -2.40. The van der Waals surface area contributed by atoms with Crippen molar-refractivity contribution in [2.45, 2.75) is 39.7 Å². The minimum absolute atomic E-state index is 0.0581. The fraction of sp³-hybridized carbons (Fsp3) is 0.500. The zero-order chi connectivity index (χ0) is 17.9. The van der Waals surface area contributed by atoms with E-state index in [1.165, 1.54) is 0 Å². The summed E-state index contributed by atoms with van der Waals surface area (Å²) < 4.78 is 11.2. The Morgan fingerprint density at radius 3 is 2.76 bits per heavy atom. The molecule has 0 unspecified atom stereocenters. The van der Waals surface area contributed by atoms with Crippen LogP contribution in [0.2, 0.25) is 0 Å². The van der Waals surface area contributed by atoms with Crippen LogP contribution in [0, 0.1) is 11.3 Å². The predicted octanol–water partition coefficient (Wildman–Crippen LogP) is 3.91. The number of benzene rings is 1. The van der Waals surface area contributed by atoms with E-state index in [2.05, 4.69) is 31.2 Å². The summed E-state index contributed by atoms with van der Waals surface area (Å²) in [6.07, 6.45) is 2.25. The summed E-state index contributed by atoms with van der Waals surface area (Å²) in [5, 5.41) is 6.98. The van der Waals surface area contributed by atoms with Crippen molar-refractivity contribution in [3.05, 3.63) is 42.2 Å². The lowest BCUT2D eigenvalue weighted by molar-refractivity contribution is -0.0839. The van der Waals surface area contributed by atoms with Gasteiger partial charge in [0, 0.05) is 30.7 Å². The Morgan fingerprint density at radius 2 is 2.04 bits per heavy atom. The molecule has 1 aliphatic heterocycles. The fourth-order valence-corrected chi connectivity index (χ4v) is 3.45. The summed E-state index contributed by atoms with van der Waals surface area (Å²) in [6.45, 7) is 7.93. The van der Waals surface area contributed by atoms with Crippen molar-refractivity contribution in [1.29, 1.82) is 0 Å². The third-order valence-corrected chi connectivity index (χ3v) is 4.63. The Balaban J connectivity index is 1.62. The third kappa shape index (κ3) is 4.28. The summed E-state index contributed by atoms with van der Waals surface area (Å²) in [4.78, 5) is 12.4. The lowest BCUT2D eigenvalue weighted by Crippen LogP contribution is -2.45. The molecule has 0 bridgehead atoms. The van der Waals surface area contributed by atoms with E-state index in [-0.39, 0.29) is 23.2 Å². The second-order valence-corrected chi connectivity index (χ2v) is 7.71. The number of hydrogen-bond donors (Lipinski definition) is 1. The number of carbonyl (C=O) groups is 1. The Bertz CT molecular complexity index is 703. The van der Waals surface area contributed by atoms with Gasteiger partial charge in [0.1, 0.15) is 5.69 Å². The number of carbonyl (C=O) groups excluding carboxylic acids is 1. The molecule has 0 saturated carbocycles. The minimum atomic E-state index is -0.229. The van der Waals surface area contributed by atoms with Crippen LogP contribution < -0.4 is 5.32 Å². The number of nitrogens with zero attached hydrogens (tertiary/aromatic N) is 1. The van der Waals surface area contributed by atoms with Gasteiger partial charge in [-0.1, -0.05) is 56.3 Å². The van der Waals surface area contributed by atoms with Gasteiger partial charge in [-0.05, 0) is 18.3 Å². The van der Waals surface area contributed by atoms with Crippen LogP contribution in [0.25, 0.3) is 11.3 Å². The molecule has 134 valence electrons. The highest BCUT2D eigenvalue weighted by Gasteiger charge is 2.35. The SMILES string of the molecule is CC(C)(C)[C@@H]1OCCC[C@@H]1CNC(=O)c1cc(-c2ccccc2)no1. The Labute approximate surface area is 148 Å². The quantitative estimate of drug-likeness (QED) is 0.915. The molecule has 2 atom stereocenters. The van der Waals surface area contributed by atoms with E-state index in [9.17, 15) is 4.79 Å². The molecule has 1 amide bonds. The molecular weight excluding hydrogens is 316 g/mol. The first-order valence-electron chi connectivity index (χ1n) is 8.87. The highest BCUT2D eigenvalue weighted by atomic mass is 16.5. The molecule has 1 aromatic heterocycles. The molecule has 0 spiro atoms. The number of ether oxygens (including phenoxy) is 1. The Morgan fingerprint density at radius 1 is 1.28 bits per heavy atom. The molecule has 25 heavy (non-hydrogen) atoms. The molecule has 5 nitrogen and oxygen atoms in total. The molecule has 1 N–H and O–H groups in total. The molecule has 1 aliphatic rings. The normalized spacial score (nSPS) is 21.1. The van der Waals surface area contributed by atoms with E-state index < -0.39 is 0 Å². The van der Waals surface area contributed by atoms with Crippen LogP contribution in [-0.4, -0.2) is 30.3 Å². The standard InChI is InChI=1S/C20H26N2O3/c1-20(2,3)18-15(10-7-11-24-18)13-21-19(23)17-12-16(22-25-17)14-8-5-4-6-9-14/h4-6,8-9,12,15,18H,7,10-11,13H2,1-3H3,(H,21,23)/t15-,18-/m1/s1. The third-order valence-electron chi connectivity index (χ3n) is 4.63. The summed E-state index contributed by atoms with van der Waals surface area (Å²) in [5.74, 6) is 0.324. The highest BCUT2D eigenvalue weighted by molar-refractivity contribution is 5.92. The van der Waals surface area contributed by atoms with Crippen molar-refractivity contribution in [2.24, 2.45) is 11.3 Å². The Kier molecular flexibility index (Phi) is 5.23. The van der Waals surface area contributed by atoms with Crippen LogP contribution in [0.15, 0.2) is 40.9 Å². The van der Waals surface area contributed by atoms with Crippen molar-refractivity contribution in [2.75, 3.05) is 13.2 Å². The van der Waals surface area contributed by atoms with Crippen LogP contribution in [-0.2, 0) is 4.74 Å². The van der Waals surface area contributed by atoms with Crippen LogP contribution in [0.1, 0.15) is 44.2 Å². The zero-order valence-corrected chi connectivity index (χ0v) is 15.1. The average molecular weight is 342 g/mol. The van der Waals surface area contributed by atoms with Gasteiger partial charge in [-0.3, -0.25) is 4.79 Å². The maximum Gasteiger partial charge on any atom is 0.289 e. The van der Waals surface area contributed by atoms with Crippen LogP contribution in [0.5, 0.6) is 0 Å². The molecule has 2 heterocycles. The molecular formula is C20H26N2O3. The Hall–Kier alpha value is -2.14. The average Bonchev–Trinajstić information content (AvgIpc) is 3.10. The molecule has 2 aromatic rings.